The van der Waals surface area contributed by atoms with Crippen molar-refractivity contribution in [2.24, 2.45) is 0 Å². The molecular weight excluding hydrogens is 84.0 g/mol. The Kier molecular flexibility index (Phi) is 2.62. The summed E-state index contributed by atoms with van der Waals surface area (Å²) in [5, 5.41) is 7.57. The van der Waals surface area contributed by atoms with Crippen molar-refractivity contribution in [2.45, 2.75) is 13.0 Å². The fraction of sp³-hybridized carbons (Fsp3) is 0.667. The van der Waals surface area contributed by atoms with E-state index in [1.165, 1.54) is 13.2 Å². The summed E-state index contributed by atoms with van der Waals surface area (Å²) in [6.07, 6.45) is 0.578. The summed E-state index contributed by atoms with van der Waals surface area (Å²) in [4.78, 5) is 12.8. The molecule has 6 heavy (non-hydrogen) atoms. The number of hydrogen-bond acceptors (Lipinski definition) is 3. The maximum Gasteiger partial charge on any atom is 0.232 e. The summed E-state index contributed by atoms with van der Waals surface area (Å²) in [5.41, 5.74) is 0. The Labute approximate surface area is 35.5 Å². The minimum absolute atomic E-state index is 0.815. The summed E-state index contributed by atoms with van der Waals surface area (Å²) in [7, 11) is 0. The van der Waals surface area contributed by atoms with Gasteiger partial charge >= 0.3 is 0 Å². The van der Waals surface area contributed by atoms with E-state index >= 15 is 0 Å². The maximum atomic E-state index is 9.33. The van der Waals surface area contributed by atoms with E-state index in [2.05, 4.69) is 4.89 Å². The van der Waals surface area contributed by atoms with Crippen LogP contribution in [-0.2, 0) is 9.68 Å². The molecule has 1 radical (unpaired) electrons. The van der Waals surface area contributed by atoms with E-state index in [9.17, 15) is 4.79 Å². The van der Waals surface area contributed by atoms with Crippen molar-refractivity contribution in [3.8, 4) is 0 Å². The Balaban J connectivity index is 2.96. The van der Waals surface area contributed by atoms with Crippen LogP contribution in [0, 0.1) is 0 Å². The average molecular weight is 89.1 g/mol. The molecule has 35 valence electrons. The van der Waals surface area contributed by atoms with Crippen molar-refractivity contribution < 1.29 is 14.9 Å². The SMILES string of the molecule is C[C@@H]([C]=O)OO. The van der Waals surface area contributed by atoms with Gasteiger partial charge in [-0.05, 0) is 6.92 Å². The van der Waals surface area contributed by atoms with Crippen LogP contribution in [0.1, 0.15) is 6.92 Å². The molecule has 0 aliphatic carbocycles. The first-order valence-electron chi connectivity index (χ1n) is 1.49. The molecule has 0 heterocycles. The van der Waals surface area contributed by atoms with E-state index < -0.39 is 6.10 Å². The lowest BCUT2D eigenvalue weighted by Gasteiger charge is -1.89. The second-order valence-corrected chi connectivity index (χ2v) is 0.865. The minimum atomic E-state index is -0.815. The highest BCUT2D eigenvalue weighted by atomic mass is 17.1. The highest BCUT2D eigenvalue weighted by molar-refractivity contribution is 5.55. The molecule has 0 rings (SSSR count). The molecule has 0 unspecified atom stereocenters. The Morgan fingerprint density at radius 1 is 2.00 bits per heavy atom. The van der Waals surface area contributed by atoms with Crippen LogP contribution in [0.15, 0.2) is 0 Å². The molecule has 0 amide bonds. The molecule has 0 saturated carbocycles. The zero-order chi connectivity index (χ0) is 4.99. The third-order valence-electron chi connectivity index (χ3n) is 0.324. The highest BCUT2D eigenvalue weighted by Crippen LogP contribution is 1.75. The van der Waals surface area contributed by atoms with Gasteiger partial charge < -0.3 is 0 Å². The van der Waals surface area contributed by atoms with Crippen molar-refractivity contribution in [3.63, 3.8) is 0 Å². The lowest BCUT2D eigenvalue weighted by atomic mass is 10.5. The molecule has 1 atom stereocenters. The number of rotatable bonds is 2. The molecule has 3 nitrogen and oxygen atoms in total. The Bertz CT molecular complexity index is 43.3. The molecule has 0 aromatic carbocycles. The maximum absolute atomic E-state index is 9.33. The van der Waals surface area contributed by atoms with E-state index in [4.69, 9.17) is 5.26 Å². The molecule has 0 aliphatic rings. The van der Waals surface area contributed by atoms with E-state index in [1.54, 1.807) is 0 Å². The second kappa shape index (κ2) is 2.81. The van der Waals surface area contributed by atoms with Gasteiger partial charge in [0.1, 0.15) is 0 Å². The smallest absolute Gasteiger partial charge is 0.232 e. The predicted octanol–water partition coefficient (Wildman–Crippen LogP) is -0.0258. The number of hydrogen-bond donors (Lipinski definition) is 1. The van der Waals surface area contributed by atoms with E-state index in [0.717, 1.165) is 0 Å². The van der Waals surface area contributed by atoms with E-state index in [1.807, 2.05) is 0 Å². The lowest BCUT2D eigenvalue weighted by Crippen LogP contribution is -2.04. The van der Waals surface area contributed by atoms with Crippen LogP contribution in [0.3, 0.4) is 0 Å². The van der Waals surface area contributed by atoms with Crippen LogP contribution in [-0.4, -0.2) is 17.6 Å². The Morgan fingerprint density at radius 2 is 2.50 bits per heavy atom. The van der Waals surface area contributed by atoms with Gasteiger partial charge in [-0.15, -0.1) is 0 Å². The van der Waals surface area contributed by atoms with Gasteiger partial charge in [-0.3, -0.25) is 10.1 Å². The van der Waals surface area contributed by atoms with Gasteiger partial charge in [-0.1, -0.05) is 0 Å². The summed E-state index contributed by atoms with van der Waals surface area (Å²) in [6, 6.07) is 0. The van der Waals surface area contributed by atoms with Crippen molar-refractivity contribution in [3.05, 3.63) is 0 Å². The first-order valence-corrected chi connectivity index (χ1v) is 1.49. The van der Waals surface area contributed by atoms with E-state index in [-0.39, 0.29) is 0 Å². The van der Waals surface area contributed by atoms with Gasteiger partial charge in [0.05, 0.1) is 0 Å². The highest BCUT2D eigenvalue weighted by Gasteiger charge is 1.93. The predicted molar refractivity (Wildman–Crippen MR) is 18.9 cm³/mol. The third-order valence-corrected chi connectivity index (χ3v) is 0.324. The zero-order valence-corrected chi connectivity index (χ0v) is 3.34. The van der Waals surface area contributed by atoms with Crippen molar-refractivity contribution in [1.82, 2.24) is 0 Å². The Morgan fingerprint density at radius 3 is 2.50 bits per heavy atom. The van der Waals surface area contributed by atoms with Crippen LogP contribution < -0.4 is 0 Å². The first-order chi connectivity index (χ1) is 2.81. The molecule has 0 fully saturated rings. The monoisotopic (exact) mass is 89.0 g/mol. The summed E-state index contributed by atoms with van der Waals surface area (Å²) in [6.45, 7) is 1.38. The fourth-order valence-corrected chi connectivity index (χ4v) is 0.0215. The van der Waals surface area contributed by atoms with Crippen LogP contribution in [0.5, 0.6) is 0 Å². The van der Waals surface area contributed by atoms with Gasteiger partial charge in [0.25, 0.3) is 0 Å². The van der Waals surface area contributed by atoms with Crippen LogP contribution in [0.25, 0.3) is 0 Å². The molecule has 3 heteroatoms. The average Bonchev–Trinajstić information content (AvgIpc) is 1.65. The van der Waals surface area contributed by atoms with Gasteiger partial charge in [-0.25, -0.2) is 4.89 Å². The van der Waals surface area contributed by atoms with Crippen molar-refractivity contribution in [1.29, 1.82) is 0 Å². The topological polar surface area (TPSA) is 46.5 Å². The standard InChI is InChI=1S/C3H5O3/c1-3(2-4)6-5/h3,5H,1H3/t3-/m0/s1. The molecule has 0 aliphatic heterocycles. The normalized spacial score (nSPS) is 13.7. The molecule has 1 N–H and O–H groups in total. The second-order valence-electron chi connectivity index (χ2n) is 0.865. The molecule has 0 saturated heterocycles. The van der Waals surface area contributed by atoms with Crippen LogP contribution in [0.2, 0.25) is 0 Å². The van der Waals surface area contributed by atoms with Gasteiger partial charge in [0.15, 0.2) is 6.10 Å². The largest absolute Gasteiger partial charge is 0.288 e. The van der Waals surface area contributed by atoms with Gasteiger partial charge in [-0.2, -0.15) is 0 Å². The Hall–Kier alpha value is -0.410. The molecule has 0 spiro atoms. The third kappa shape index (κ3) is 1.87. The first kappa shape index (κ1) is 5.59. The van der Waals surface area contributed by atoms with Crippen LogP contribution in [0.4, 0.5) is 0 Å². The fourth-order valence-electron chi connectivity index (χ4n) is 0.0215. The lowest BCUT2D eigenvalue weighted by molar-refractivity contribution is -0.255. The minimum Gasteiger partial charge on any atom is -0.288 e. The summed E-state index contributed by atoms with van der Waals surface area (Å²) < 4.78 is 0. The van der Waals surface area contributed by atoms with Gasteiger partial charge in [0, 0.05) is 0 Å². The van der Waals surface area contributed by atoms with Crippen molar-refractivity contribution >= 4 is 6.29 Å². The van der Waals surface area contributed by atoms with Crippen molar-refractivity contribution in [2.75, 3.05) is 0 Å². The van der Waals surface area contributed by atoms with Gasteiger partial charge in [0.2, 0.25) is 6.29 Å². The molecular formula is C3H5O3. The number of carbonyl (C=O) groups excluding carboxylic acids is 1. The van der Waals surface area contributed by atoms with E-state index in [0.29, 0.717) is 0 Å². The molecule has 0 aromatic heterocycles. The molecule has 0 aromatic rings. The molecule has 0 bridgehead atoms. The zero-order valence-electron chi connectivity index (χ0n) is 3.34. The van der Waals surface area contributed by atoms with Crippen LogP contribution >= 0.6 is 0 Å². The summed E-state index contributed by atoms with van der Waals surface area (Å²) in [5.74, 6) is 0. The quantitative estimate of drug-likeness (QED) is 0.382. The summed E-state index contributed by atoms with van der Waals surface area (Å²) >= 11 is 0.